The molecule has 1 aromatic heterocycles. The summed E-state index contributed by atoms with van der Waals surface area (Å²) in [6, 6.07) is 1.06. The lowest BCUT2D eigenvalue weighted by atomic mass is 10.4. The molecule has 0 aliphatic heterocycles. The second-order valence-electron chi connectivity index (χ2n) is 3.64. The van der Waals surface area contributed by atoms with Crippen molar-refractivity contribution in [2.45, 2.75) is 11.3 Å². The van der Waals surface area contributed by atoms with Gasteiger partial charge in [-0.05, 0) is 12.5 Å². The zero-order valence-corrected chi connectivity index (χ0v) is 11.1. The Hall–Kier alpha value is -1.64. The van der Waals surface area contributed by atoms with E-state index in [1.165, 1.54) is 0 Å². The summed E-state index contributed by atoms with van der Waals surface area (Å²) in [5.41, 5.74) is -0.178. The van der Waals surface area contributed by atoms with Crippen molar-refractivity contribution in [3.63, 3.8) is 0 Å². The van der Waals surface area contributed by atoms with Crippen LogP contribution in [-0.2, 0) is 14.8 Å². The van der Waals surface area contributed by atoms with Crippen molar-refractivity contribution in [3.05, 3.63) is 30.6 Å². The highest BCUT2D eigenvalue weighted by molar-refractivity contribution is 7.89. The molecule has 1 heterocycles. The number of aromatic carboxylic acids is 1. The lowest BCUT2D eigenvalue weighted by Crippen LogP contribution is -2.27. The number of rotatable bonds is 9. The summed E-state index contributed by atoms with van der Waals surface area (Å²) in [6.07, 6.45) is 3.54. The van der Waals surface area contributed by atoms with Gasteiger partial charge in [0.2, 0.25) is 10.0 Å². The van der Waals surface area contributed by atoms with E-state index in [1.807, 2.05) is 0 Å². The first-order valence-electron chi connectivity index (χ1n) is 5.57. The normalized spacial score (nSPS) is 11.4. The molecule has 0 unspecified atom stereocenters. The minimum atomic E-state index is -3.71. The molecule has 8 heteroatoms. The third-order valence-corrected chi connectivity index (χ3v) is 3.64. The number of hydrogen-bond acceptors (Lipinski definition) is 4. The Bertz CT molecular complexity index is 535. The zero-order chi connectivity index (χ0) is 14.3. The predicted molar refractivity (Wildman–Crippen MR) is 68.6 cm³/mol. The van der Waals surface area contributed by atoms with Gasteiger partial charge in [-0.15, -0.1) is 6.58 Å². The third kappa shape index (κ3) is 4.86. The molecule has 0 bridgehead atoms. The maximum absolute atomic E-state index is 11.8. The van der Waals surface area contributed by atoms with E-state index in [2.05, 4.69) is 16.3 Å². The Morgan fingerprint density at radius 1 is 1.53 bits per heavy atom. The van der Waals surface area contributed by atoms with E-state index in [0.29, 0.717) is 13.0 Å². The Morgan fingerprint density at radius 3 is 2.84 bits per heavy atom. The van der Waals surface area contributed by atoms with Crippen LogP contribution in [0, 0.1) is 0 Å². The van der Waals surface area contributed by atoms with E-state index in [0.717, 1.165) is 12.3 Å². The van der Waals surface area contributed by atoms with Crippen LogP contribution >= 0.6 is 0 Å². The third-order valence-electron chi connectivity index (χ3n) is 2.20. The molecule has 0 atom stereocenters. The number of aromatic amines is 1. The molecule has 0 radical (unpaired) electrons. The highest BCUT2D eigenvalue weighted by Crippen LogP contribution is 2.10. The van der Waals surface area contributed by atoms with Crippen LogP contribution in [0.2, 0.25) is 0 Å². The molecule has 0 aliphatic rings. The van der Waals surface area contributed by atoms with E-state index < -0.39 is 16.0 Å². The first kappa shape index (κ1) is 15.4. The molecule has 0 fully saturated rings. The van der Waals surface area contributed by atoms with Crippen LogP contribution in [0.25, 0.3) is 0 Å². The molecule has 0 spiro atoms. The zero-order valence-electron chi connectivity index (χ0n) is 10.3. The van der Waals surface area contributed by atoms with Crippen LogP contribution in [0.5, 0.6) is 0 Å². The molecule has 0 amide bonds. The second-order valence-corrected chi connectivity index (χ2v) is 5.41. The highest BCUT2D eigenvalue weighted by atomic mass is 32.2. The van der Waals surface area contributed by atoms with Gasteiger partial charge in [0.1, 0.15) is 10.6 Å². The van der Waals surface area contributed by atoms with Crippen LogP contribution in [0.3, 0.4) is 0 Å². The number of H-pyrrole nitrogens is 1. The maximum Gasteiger partial charge on any atom is 0.352 e. The van der Waals surface area contributed by atoms with E-state index in [-0.39, 0.29) is 23.7 Å². The van der Waals surface area contributed by atoms with Gasteiger partial charge in [0, 0.05) is 12.7 Å². The molecule has 0 saturated carbocycles. The lowest BCUT2D eigenvalue weighted by Gasteiger charge is -2.05. The lowest BCUT2D eigenvalue weighted by molar-refractivity contribution is 0.0691. The fraction of sp³-hybridized carbons (Fsp3) is 0.364. The van der Waals surface area contributed by atoms with E-state index >= 15 is 0 Å². The molecule has 7 nitrogen and oxygen atoms in total. The van der Waals surface area contributed by atoms with Crippen LogP contribution in [0.1, 0.15) is 16.9 Å². The van der Waals surface area contributed by atoms with Gasteiger partial charge < -0.3 is 14.8 Å². The molecule has 1 rings (SSSR count). The molecular weight excluding hydrogens is 272 g/mol. The van der Waals surface area contributed by atoms with Gasteiger partial charge in [0.25, 0.3) is 0 Å². The highest BCUT2D eigenvalue weighted by Gasteiger charge is 2.17. The number of ether oxygens (including phenoxy) is 1. The number of hydrogen-bond donors (Lipinski definition) is 3. The smallest absolute Gasteiger partial charge is 0.352 e. The van der Waals surface area contributed by atoms with Crippen molar-refractivity contribution in [2.24, 2.45) is 0 Å². The molecule has 3 N–H and O–H groups in total. The van der Waals surface area contributed by atoms with Gasteiger partial charge in [0.05, 0.1) is 13.2 Å². The summed E-state index contributed by atoms with van der Waals surface area (Å²) in [4.78, 5) is 12.9. The van der Waals surface area contributed by atoms with Gasteiger partial charge in [0.15, 0.2) is 0 Å². The Kier molecular flexibility index (Phi) is 5.74. The molecule has 0 aliphatic carbocycles. The van der Waals surface area contributed by atoms with Crippen molar-refractivity contribution in [2.75, 3.05) is 19.8 Å². The van der Waals surface area contributed by atoms with Gasteiger partial charge in [-0.25, -0.2) is 17.9 Å². The first-order chi connectivity index (χ1) is 8.97. The van der Waals surface area contributed by atoms with Crippen molar-refractivity contribution >= 4 is 16.0 Å². The van der Waals surface area contributed by atoms with Crippen molar-refractivity contribution in [3.8, 4) is 0 Å². The first-order valence-corrected chi connectivity index (χ1v) is 7.05. The number of sulfonamides is 1. The topological polar surface area (TPSA) is 108 Å². The molecule has 0 aromatic carbocycles. The fourth-order valence-corrected chi connectivity index (χ4v) is 2.26. The Morgan fingerprint density at radius 2 is 2.26 bits per heavy atom. The maximum atomic E-state index is 11.8. The quantitative estimate of drug-likeness (QED) is 0.455. The van der Waals surface area contributed by atoms with Crippen LogP contribution in [-0.4, -0.2) is 44.2 Å². The number of aromatic nitrogens is 1. The molecule has 19 heavy (non-hydrogen) atoms. The number of carboxylic acids is 1. The van der Waals surface area contributed by atoms with Crippen molar-refractivity contribution in [1.82, 2.24) is 9.71 Å². The average Bonchev–Trinajstić information content (AvgIpc) is 2.84. The van der Waals surface area contributed by atoms with Crippen LogP contribution in [0.15, 0.2) is 29.8 Å². The second kappa shape index (κ2) is 7.07. The van der Waals surface area contributed by atoms with E-state index in [4.69, 9.17) is 9.84 Å². The number of nitrogens with one attached hydrogen (secondary N) is 2. The van der Waals surface area contributed by atoms with Gasteiger partial charge in [-0.1, -0.05) is 6.08 Å². The molecular formula is C11H16N2O5S. The summed E-state index contributed by atoms with van der Waals surface area (Å²) < 4.78 is 31.0. The summed E-state index contributed by atoms with van der Waals surface area (Å²) in [7, 11) is -3.71. The average molecular weight is 288 g/mol. The minimum absolute atomic E-state index is 0.115. The molecule has 1 aromatic rings. The summed E-state index contributed by atoms with van der Waals surface area (Å²) in [5.74, 6) is -1.21. The van der Waals surface area contributed by atoms with Gasteiger partial charge >= 0.3 is 5.97 Å². The molecule has 106 valence electrons. The fourth-order valence-electron chi connectivity index (χ4n) is 1.25. The SMILES string of the molecule is C=CCCOCCNS(=O)(=O)c1c[nH]c(C(=O)O)c1. The summed E-state index contributed by atoms with van der Waals surface area (Å²) >= 11 is 0. The summed E-state index contributed by atoms with van der Waals surface area (Å²) in [5, 5.41) is 8.69. The number of carbonyl (C=O) groups is 1. The van der Waals surface area contributed by atoms with Crippen LogP contribution < -0.4 is 4.72 Å². The van der Waals surface area contributed by atoms with Crippen molar-refractivity contribution < 1.29 is 23.1 Å². The monoisotopic (exact) mass is 288 g/mol. The Labute approximate surface area is 111 Å². The van der Waals surface area contributed by atoms with E-state index in [1.54, 1.807) is 6.08 Å². The van der Waals surface area contributed by atoms with E-state index in [9.17, 15) is 13.2 Å². The largest absolute Gasteiger partial charge is 0.477 e. The standard InChI is InChI=1S/C11H16N2O5S/c1-2-3-5-18-6-4-13-19(16,17)9-7-10(11(14)15)12-8-9/h2,7-8,12-13H,1,3-6H2,(H,14,15). The molecule has 0 saturated heterocycles. The summed E-state index contributed by atoms with van der Waals surface area (Å²) in [6.45, 7) is 4.37. The van der Waals surface area contributed by atoms with Crippen LogP contribution in [0.4, 0.5) is 0 Å². The van der Waals surface area contributed by atoms with Crippen molar-refractivity contribution in [1.29, 1.82) is 0 Å². The predicted octanol–water partition coefficient (Wildman–Crippen LogP) is 0.584. The number of carboxylic acid groups (broad SMARTS) is 1. The Balaban J connectivity index is 2.46. The van der Waals surface area contributed by atoms with Gasteiger partial charge in [-0.2, -0.15) is 0 Å². The minimum Gasteiger partial charge on any atom is -0.477 e. The van der Waals surface area contributed by atoms with Gasteiger partial charge in [-0.3, -0.25) is 0 Å².